The molecule has 0 fully saturated rings. The highest BCUT2D eigenvalue weighted by Crippen LogP contribution is 2.14. The molecular formula is C25H54ClN. The molecule has 2 N–H and O–H groups in total. The molecule has 0 atom stereocenters. The summed E-state index contributed by atoms with van der Waals surface area (Å²) >= 11 is 0. The lowest BCUT2D eigenvalue weighted by Crippen LogP contribution is -1.92. The number of rotatable bonds is 18. The van der Waals surface area contributed by atoms with E-state index in [9.17, 15) is 0 Å². The Morgan fingerprint density at radius 2 is 0.741 bits per heavy atom. The molecule has 0 aliphatic rings. The number of hydrogen-bond donors (Lipinski definition) is 1. The summed E-state index contributed by atoms with van der Waals surface area (Å²) in [5, 5.41) is 0. The average Bonchev–Trinajstić information content (AvgIpc) is 2.62. The van der Waals surface area contributed by atoms with Crippen molar-refractivity contribution in [1.29, 1.82) is 0 Å². The largest absolute Gasteiger partial charge is 0.327 e. The fourth-order valence-electron chi connectivity index (χ4n) is 3.21. The van der Waals surface area contributed by atoms with E-state index in [-0.39, 0.29) is 12.4 Å². The molecule has 0 aromatic carbocycles. The van der Waals surface area contributed by atoms with Crippen molar-refractivity contribution in [3.05, 3.63) is 11.6 Å². The Hall–Kier alpha value is -0.0100. The van der Waals surface area contributed by atoms with E-state index in [1.165, 1.54) is 121 Å². The SMILES string of the molecule is CC(C)=CCN.CCCCCCCCCCCCCCCCCCCC.Cl. The van der Waals surface area contributed by atoms with E-state index < -0.39 is 0 Å². The predicted octanol–water partition coefficient (Wildman–Crippen LogP) is 9.38. The van der Waals surface area contributed by atoms with Crippen LogP contribution in [0.15, 0.2) is 11.6 Å². The van der Waals surface area contributed by atoms with Gasteiger partial charge in [0.25, 0.3) is 0 Å². The van der Waals surface area contributed by atoms with Crippen LogP contribution >= 0.6 is 12.4 Å². The second-order valence-corrected chi connectivity index (χ2v) is 8.17. The van der Waals surface area contributed by atoms with Crippen LogP contribution < -0.4 is 5.73 Å². The Morgan fingerprint density at radius 3 is 0.852 bits per heavy atom. The van der Waals surface area contributed by atoms with E-state index in [2.05, 4.69) is 13.8 Å². The third-order valence-electron chi connectivity index (χ3n) is 4.98. The van der Waals surface area contributed by atoms with Gasteiger partial charge in [-0.15, -0.1) is 12.4 Å². The van der Waals surface area contributed by atoms with Gasteiger partial charge in [-0.1, -0.05) is 141 Å². The topological polar surface area (TPSA) is 26.0 Å². The molecule has 0 rings (SSSR count). The second kappa shape index (κ2) is 30.7. The predicted molar refractivity (Wildman–Crippen MR) is 130 cm³/mol. The summed E-state index contributed by atoms with van der Waals surface area (Å²) in [6.45, 7) is 9.33. The Labute approximate surface area is 179 Å². The zero-order valence-corrected chi connectivity index (χ0v) is 20.3. The van der Waals surface area contributed by atoms with Crippen molar-refractivity contribution < 1.29 is 0 Å². The first-order valence-corrected chi connectivity index (χ1v) is 12.0. The van der Waals surface area contributed by atoms with Crippen LogP contribution in [0.1, 0.15) is 143 Å². The maximum absolute atomic E-state index is 5.15. The summed E-state index contributed by atoms with van der Waals surface area (Å²) in [6, 6.07) is 0. The highest BCUT2D eigenvalue weighted by molar-refractivity contribution is 5.85. The van der Waals surface area contributed by atoms with Gasteiger partial charge < -0.3 is 5.73 Å². The van der Waals surface area contributed by atoms with Gasteiger partial charge in [-0.2, -0.15) is 0 Å². The quantitative estimate of drug-likeness (QED) is 0.179. The Morgan fingerprint density at radius 1 is 0.519 bits per heavy atom. The van der Waals surface area contributed by atoms with Crippen molar-refractivity contribution in [3.63, 3.8) is 0 Å². The maximum atomic E-state index is 5.15. The van der Waals surface area contributed by atoms with Crippen molar-refractivity contribution in [2.45, 2.75) is 143 Å². The molecule has 0 heterocycles. The van der Waals surface area contributed by atoms with Gasteiger partial charge in [0.15, 0.2) is 0 Å². The molecule has 0 saturated heterocycles. The van der Waals surface area contributed by atoms with Crippen LogP contribution in [0.25, 0.3) is 0 Å². The second-order valence-electron chi connectivity index (χ2n) is 8.17. The number of allylic oxidation sites excluding steroid dienone is 1. The van der Waals surface area contributed by atoms with Gasteiger partial charge >= 0.3 is 0 Å². The summed E-state index contributed by atoms with van der Waals surface area (Å²) in [6.07, 6.45) is 28.4. The maximum Gasteiger partial charge on any atom is 0.0109 e. The van der Waals surface area contributed by atoms with E-state index in [1.54, 1.807) is 0 Å². The average molecular weight is 404 g/mol. The lowest BCUT2D eigenvalue weighted by molar-refractivity contribution is 0.526. The molecule has 0 unspecified atom stereocenters. The van der Waals surface area contributed by atoms with Crippen molar-refractivity contribution in [1.82, 2.24) is 0 Å². The van der Waals surface area contributed by atoms with Crippen LogP contribution in [0.4, 0.5) is 0 Å². The summed E-state index contributed by atoms with van der Waals surface area (Å²) < 4.78 is 0. The minimum atomic E-state index is 0. The van der Waals surface area contributed by atoms with E-state index in [0.29, 0.717) is 6.54 Å². The van der Waals surface area contributed by atoms with Crippen molar-refractivity contribution in [2.24, 2.45) is 5.73 Å². The summed E-state index contributed by atoms with van der Waals surface area (Å²) in [5.74, 6) is 0. The van der Waals surface area contributed by atoms with Crippen LogP contribution in [-0.4, -0.2) is 6.54 Å². The molecule has 0 amide bonds. The third-order valence-corrected chi connectivity index (χ3v) is 4.98. The summed E-state index contributed by atoms with van der Waals surface area (Å²) in [4.78, 5) is 0. The Balaban J connectivity index is -0.000000709. The lowest BCUT2D eigenvalue weighted by Gasteiger charge is -2.03. The van der Waals surface area contributed by atoms with Gasteiger partial charge in [0.1, 0.15) is 0 Å². The van der Waals surface area contributed by atoms with E-state index >= 15 is 0 Å². The van der Waals surface area contributed by atoms with Gasteiger partial charge in [-0.25, -0.2) is 0 Å². The Bertz CT molecular complexity index is 241. The highest BCUT2D eigenvalue weighted by atomic mass is 35.5. The molecule has 0 aliphatic carbocycles. The van der Waals surface area contributed by atoms with Gasteiger partial charge in [-0.3, -0.25) is 0 Å². The highest BCUT2D eigenvalue weighted by Gasteiger charge is 1.94. The molecule has 0 radical (unpaired) electrons. The van der Waals surface area contributed by atoms with Crippen LogP contribution in [0.3, 0.4) is 0 Å². The molecule has 0 aromatic rings. The molecule has 0 bridgehead atoms. The van der Waals surface area contributed by atoms with Gasteiger partial charge in [0.05, 0.1) is 0 Å². The van der Waals surface area contributed by atoms with Gasteiger partial charge in [0, 0.05) is 6.54 Å². The molecule has 166 valence electrons. The minimum Gasteiger partial charge on any atom is -0.327 e. The fourth-order valence-corrected chi connectivity index (χ4v) is 3.21. The zero-order valence-electron chi connectivity index (χ0n) is 19.5. The minimum absolute atomic E-state index is 0. The molecule has 2 heteroatoms. The first-order chi connectivity index (χ1) is 12.7. The van der Waals surface area contributed by atoms with E-state index in [4.69, 9.17) is 5.73 Å². The first-order valence-electron chi connectivity index (χ1n) is 12.0. The monoisotopic (exact) mass is 403 g/mol. The molecular weight excluding hydrogens is 350 g/mol. The van der Waals surface area contributed by atoms with Crippen LogP contribution in [0, 0.1) is 0 Å². The Kier molecular flexibility index (Phi) is 36.0. The molecule has 0 aliphatic heterocycles. The number of hydrogen-bond acceptors (Lipinski definition) is 1. The standard InChI is InChI=1S/C20H42.C5H11N.ClH/c1-3-5-7-9-11-13-15-17-19-20-18-16-14-12-10-8-6-4-2;1-5(2)3-4-6;/h3-20H2,1-2H3;3H,4,6H2,1-2H3;1H. The van der Waals surface area contributed by atoms with Crippen molar-refractivity contribution in [2.75, 3.05) is 6.54 Å². The molecule has 27 heavy (non-hydrogen) atoms. The molecule has 1 nitrogen and oxygen atoms in total. The molecule has 0 spiro atoms. The number of unbranched alkanes of at least 4 members (excludes halogenated alkanes) is 17. The van der Waals surface area contributed by atoms with Crippen LogP contribution in [-0.2, 0) is 0 Å². The molecule has 0 aromatic heterocycles. The molecule has 0 saturated carbocycles. The smallest absolute Gasteiger partial charge is 0.0109 e. The summed E-state index contributed by atoms with van der Waals surface area (Å²) in [5.41, 5.74) is 6.44. The normalized spacial score (nSPS) is 9.96. The summed E-state index contributed by atoms with van der Waals surface area (Å²) in [7, 11) is 0. The van der Waals surface area contributed by atoms with Crippen molar-refractivity contribution in [3.8, 4) is 0 Å². The van der Waals surface area contributed by atoms with E-state index in [0.717, 1.165) is 0 Å². The third kappa shape index (κ3) is 37.4. The fraction of sp³-hybridized carbons (Fsp3) is 0.920. The van der Waals surface area contributed by atoms with Crippen molar-refractivity contribution >= 4 is 12.4 Å². The number of halogens is 1. The van der Waals surface area contributed by atoms with Crippen LogP contribution in [0.2, 0.25) is 0 Å². The van der Waals surface area contributed by atoms with E-state index in [1.807, 2.05) is 19.9 Å². The zero-order chi connectivity index (χ0) is 19.7. The van der Waals surface area contributed by atoms with Crippen LogP contribution in [0.5, 0.6) is 0 Å². The first kappa shape index (κ1) is 31.7. The number of nitrogens with two attached hydrogens (primary N) is 1. The van der Waals surface area contributed by atoms with Gasteiger partial charge in [0.2, 0.25) is 0 Å². The lowest BCUT2D eigenvalue weighted by atomic mass is 10.0. The van der Waals surface area contributed by atoms with Gasteiger partial charge in [-0.05, 0) is 13.8 Å².